The zero-order valence-corrected chi connectivity index (χ0v) is 12.5. The molecule has 0 aliphatic carbocycles. The summed E-state index contributed by atoms with van der Waals surface area (Å²) >= 11 is 1.74. The fourth-order valence-electron chi connectivity index (χ4n) is 2.28. The molecule has 1 aromatic carbocycles. The lowest BCUT2D eigenvalue weighted by atomic mass is 9.96. The van der Waals surface area contributed by atoms with Crippen LogP contribution >= 0.6 is 22.6 Å². The molecule has 19 heavy (non-hydrogen) atoms. The Morgan fingerprint density at radius 3 is 2.84 bits per heavy atom. The van der Waals surface area contributed by atoms with Gasteiger partial charge in [-0.05, 0) is 34.9 Å². The maximum Gasteiger partial charge on any atom is 0.293 e. The number of hydrogen-bond acceptors (Lipinski definition) is 4. The SMILES string of the molecule is CC1CN(c2cc(F)c(I)cc2[N+](=O)[O-])CCC1O. The lowest BCUT2D eigenvalue weighted by molar-refractivity contribution is -0.384. The third kappa shape index (κ3) is 2.97. The van der Waals surface area contributed by atoms with Gasteiger partial charge in [-0.3, -0.25) is 10.1 Å². The molecular formula is C12H14FIN2O3. The monoisotopic (exact) mass is 380 g/mol. The fraction of sp³-hybridized carbons (Fsp3) is 0.500. The molecule has 1 aliphatic heterocycles. The largest absolute Gasteiger partial charge is 0.393 e. The second-order valence-corrected chi connectivity index (χ2v) is 5.95. The van der Waals surface area contributed by atoms with E-state index in [1.165, 1.54) is 12.1 Å². The molecule has 5 nitrogen and oxygen atoms in total. The van der Waals surface area contributed by atoms with Gasteiger partial charge in [-0.1, -0.05) is 6.92 Å². The molecule has 104 valence electrons. The van der Waals surface area contributed by atoms with Crippen molar-refractivity contribution in [3.8, 4) is 0 Å². The van der Waals surface area contributed by atoms with Crippen molar-refractivity contribution in [2.24, 2.45) is 5.92 Å². The highest BCUT2D eigenvalue weighted by Gasteiger charge is 2.29. The summed E-state index contributed by atoms with van der Waals surface area (Å²) in [6.45, 7) is 2.86. The molecule has 2 rings (SSSR count). The van der Waals surface area contributed by atoms with Crippen LogP contribution in [0.2, 0.25) is 0 Å². The van der Waals surface area contributed by atoms with Gasteiger partial charge in [0, 0.05) is 25.2 Å². The Bertz CT molecular complexity index is 512. The average Bonchev–Trinajstić information content (AvgIpc) is 2.35. The molecule has 0 amide bonds. The zero-order chi connectivity index (χ0) is 14.2. The predicted octanol–water partition coefficient (Wildman–Crippen LogP) is 2.55. The van der Waals surface area contributed by atoms with E-state index in [1.54, 1.807) is 27.5 Å². The summed E-state index contributed by atoms with van der Waals surface area (Å²) in [4.78, 5) is 12.4. The van der Waals surface area contributed by atoms with E-state index in [2.05, 4.69) is 0 Å². The number of piperidine rings is 1. The molecule has 2 unspecified atom stereocenters. The van der Waals surface area contributed by atoms with E-state index in [1.807, 2.05) is 6.92 Å². The molecule has 0 spiro atoms. The Labute approximate surface area is 123 Å². The molecule has 1 N–H and O–H groups in total. The van der Waals surface area contributed by atoms with Crippen molar-refractivity contribution in [1.29, 1.82) is 0 Å². The number of nitrogens with zero attached hydrogens (tertiary/aromatic N) is 2. The number of benzene rings is 1. The first kappa shape index (κ1) is 14.4. The van der Waals surface area contributed by atoms with Crippen LogP contribution in [-0.2, 0) is 0 Å². The molecule has 1 aromatic rings. The van der Waals surface area contributed by atoms with Gasteiger partial charge >= 0.3 is 0 Å². The third-order valence-corrected chi connectivity index (χ3v) is 4.24. The minimum atomic E-state index is -0.493. The van der Waals surface area contributed by atoms with Crippen molar-refractivity contribution in [3.05, 3.63) is 31.6 Å². The zero-order valence-electron chi connectivity index (χ0n) is 10.3. The average molecular weight is 380 g/mol. The molecule has 0 saturated carbocycles. The number of hydrogen-bond donors (Lipinski definition) is 1. The molecular weight excluding hydrogens is 366 g/mol. The predicted molar refractivity (Wildman–Crippen MR) is 77.8 cm³/mol. The first-order chi connectivity index (χ1) is 8.90. The maximum absolute atomic E-state index is 13.6. The van der Waals surface area contributed by atoms with Crippen LogP contribution in [-0.4, -0.2) is 29.2 Å². The quantitative estimate of drug-likeness (QED) is 0.487. The Kier molecular flexibility index (Phi) is 4.24. The topological polar surface area (TPSA) is 66.6 Å². The van der Waals surface area contributed by atoms with Gasteiger partial charge in [-0.2, -0.15) is 0 Å². The van der Waals surface area contributed by atoms with Crippen molar-refractivity contribution in [1.82, 2.24) is 0 Å². The Morgan fingerprint density at radius 1 is 1.58 bits per heavy atom. The molecule has 1 aliphatic rings. The minimum Gasteiger partial charge on any atom is -0.393 e. The second kappa shape index (κ2) is 5.58. The first-order valence-electron chi connectivity index (χ1n) is 5.96. The number of aliphatic hydroxyl groups excluding tert-OH is 1. The Morgan fingerprint density at radius 2 is 2.26 bits per heavy atom. The summed E-state index contributed by atoms with van der Waals surface area (Å²) in [5.74, 6) is -0.448. The van der Waals surface area contributed by atoms with E-state index in [9.17, 15) is 19.6 Å². The van der Waals surface area contributed by atoms with E-state index >= 15 is 0 Å². The standard InChI is InChI=1S/C12H14FIN2O3/c1-7-6-15(3-2-12(7)17)10-4-8(13)9(14)5-11(10)16(18)19/h4-5,7,12,17H,2-3,6H2,1H3. The van der Waals surface area contributed by atoms with Gasteiger partial charge in [0.05, 0.1) is 14.6 Å². The van der Waals surface area contributed by atoms with Crippen molar-refractivity contribution in [2.75, 3.05) is 18.0 Å². The van der Waals surface area contributed by atoms with Crippen LogP contribution in [0, 0.1) is 25.4 Å². The van der Waals surface area contributed by atoms with Gasteiger partial charge in [0.1, 0.15) is 11.5 Å². The van der Waals surface area contributed by atoms with Gasteiger partial charge in [0.25, 0.3) is 5.69 Å². The van der Waals surface area contributed by atoms with E-state index in [4.69, 9.17) is 0 Å². The highest BCUT2D eigenvalue weighted by Crippen LogP contribution is 2.34. The molecule has 0 bridgehead atoms. The van der Waals surface area contributed by atoms with Gasteiger partial charge < -0.3 is 10.0 Å². The molecule has 0 radical (unpaired) electrons. The van der Waals surface area contributed by atoms with Crippen LogP contribution in [0.15, 0.2) is 12.1 Å². The summed E-state index contributed by atoms with van der Waals surface area (Å²) in [6, 6.07) is 2.46. The number of nitro groups is 1. The highest BCUT2D eigenvalue weighted by molar-refractivity contribution is 14.1. The van der Waals surface area contributed by atoms with Gasteiger partial charge in [-0.25, -0.2) is 4.39 Å². The molecule has 7 heteroatoms. The summed E-state index contributed by atoms with van der Waals surface area (Å²) < 4.78 is 13.9. The molecule has 0 aromatic heterocycles. The van der Waals surface area contributed by atoms with Crippen LogP contribution in [0.4, 0.5) is 15.8 Å². The van der Waals surface area contributed by atoms with Gasteiger partial charge in [-0.15, -0.1) is 0 Å². The summed E-state index contributed by atoms with van der Waals surface area (Å²) in [7, 11) is 0. The van der Waals surface area contributed by atoms with Crippen molar-refractivity contribution < 1.29 is 14.4 Å². The normalized spacial score (nSPS) is 23.5. The minimum absolute atomic E-state index is 0.00990. The van der Waals surface area contributed by atoms with Crippen LogP contribution in [0.1, 0.15) is 13.3 Å². The molecule has 1 fully saturated rings. The van der Waals surface area contributed by atoms with E-state index in [-0.39, 0.29) is 15.2 Å². The summed E-state index contributed by atoms with van der Waals surface area (Å²) in [5.41, 5.74) is 0.205. The van der Waals surface area contributed by atoms with E-state index < -0.39 is 16.8 Å². The van der Waals surface area contributed by atoms with Gasteiger partial charge in [0.2, 0.25) is 0 Å². The Hall–Kier alpha value is -0.960. The van der Waals surface area contributed by atoms with E-state index in [0.717, 1.165) is 0 Å². The number of aliphatic hydroxyl groups is 1. The number of anilines is 1. The van der Waals surface area contributed by atoms with Crippen molar-refractivity contribution >= 4 is 34.0 Å². The Balaban J connectivity index is 2.38. The number of halogens is 2. The highest BCUT2D eigenvalue weighted by atomic mass is 127. The molecule has 1 heterocycles. The molecule has 2 atom stereocenters. The number of rotatable bonds is 2. The van der Waals surface area contributed by atoms with E-state index in [0.29, 0.717) is 25.2 Å². The van der Waals surface area contributed by atoms with Crippen LogP contribution < -0.4 is 4.90 Å². The third-order valence-electron chi connectivity index (χ3n) is 3.41. The lowest BCUT2D eigenvalue weighted by Gasteiger charge is -2.35. The van der Waals surface area contributed by atoms with Crippen LogP contribution in [0.25, 0.3) is 0 Å². The van der Waals surface area contributed by atoms with Crippen molar-refractivity contribution in [2.45, 2.75) is 19.4 Å². The smallest absolute Gasteiger partial charge is 0.293 e. The maximum atomic E-state index is 13.6. The second-order valence-electron chi connectivity index (χ2n) is 4.79. The van der Waals surface area contributed by atoms with Crippen LogP contribution in [0.3, 0.4) is 0 Å². The summed E-state index contributed by atoms with van der Waals surface area (Å²) in [5, 5.41) is 20.8. The fourth-order valence-corrected chi connectivity index (χ4v) is 2.73. The van der Waals surface area contributed by atoms with Crippen molar-refractivity contribution in [3.63, 3.8) is 0 Å². The van der Waals surface area contributed by atoms with Crippen LogP contribution in [0.5, 0.6) is 0 Å². The molecule has 1 saturated heterocycles. The van der Waals surface area contributed by atoms with Gasteiger partial charge in [0.15, 0.2) is 0 Å². The summed E-state index contributed by atoms with van der Waals surface area (Å²) in [6.07, 6.45) is 0.135. The number of nitro benzene ring substituents is 1. The lowest BCUT2D eigenvalue weighted by Crippen LogP contribution is -2.42. The first-order valence-corrected chi connectivity index (χ1v) is 7.04.